The molecule has 0 bridgehead atoms. The fraction of sp³-hybridized carbons (Fsp3) is 0.0556. The maximum atomic E-state index is 11.9. The van der Waals surface area contributed by atoms with Crippen molar-refractivity contribution in [3.8, 4) is 0 Å². The van der Waals surface area contributed by atoms with Gasteiger partial charge in [-0.25, -0.2) is 0 Å². The van der Waals surface area contributed by atoms with Crippen molar-refractivity contribution in [3.05, 3.63) is 70.2 Å². The third kappa shape index (κ3) is 5.89. The zero-order chi connectivity index (χ0) is 18.2. The summed E-state index contributed by atoms with van der Waals surface area (Å²) in [5, 5.41) is 5.09. The van der Waals surface area contributed by atoms with E-state index in [1.54, 1.807) is 30.3 Å². The van der Waals surface area contributed by atoms with Crippen LogP contribution in [-0.2, 0) is 9.59 Å². The van der Waals surface area contributed by atoms with Crippen LogP contribution in [0.4, 0.5) is 5.69 Å². The molecule has 2 aromatic carbocycles. The van der Waals surface area contributed by atoms with E-state index in [9.17, 15) is 14.4 Å². The molecule has 0 atom stereocenters. The number of nitrogens with two attached hydrogens (primary N) is 1. The lowest BCUT2D eigenvalue weighted by Gasteiger charge is -2.05. The molecular formula is C18H16BrN3O3. The van der Waals surface area contributed by atoms with Crippen LogP contribution in [0.25, 0.3) is 6.08 Å². The molecule has 0 aliphatic rings. The number of amides is 3. The summed E-state index contributed by atoms with van der Waals surface area (Å²) < 4.78 is 0.894. The second-order valence-corrected chi connectivity index (χ2v) is 5.92. The Hall–Kier alpha value is -2.93. The first-order valence-electron chi connectivity index (χ1n) is 7.36. The maximum Gasteiger partial charge on any atom is 0.251 e. The van der Waals surface area contributed by atoms with Gasteiger partial charge in [-0.1, -0.05) is 34.1 Å². The average Bonchev–Trinajstić information content (AvgIpc) is 2.59. The summed E-state index contributed by atoms with van der Waals surface area (Å²) in [5.74, 6) is -1.32. The lowest BCUT2D eigenvalue weighted by atomic mass is 10.2. The number of rotatable bonds is 6. The SMILES string of the molecule is NC(=O)CNC(=O)c1ccc(NC(=O)/C=C/c2ccccc2Br)cc1. The largest absolute Gasteiger partial charge is 0.368 e. The number of hydrogen-bond acceptors (Lipinski definition) is 3. The quantitative estimate of drug-likeness (QED) is 0.647. The van der Waals surface area contributed by atoms with Crippen LogP contribution >= 0.6 is 15.9 Å². The van der Waals surface area contributed by atoms with Gasteiger partial charge in [0.15, 0.2) is 0 Å². The summed E-state index contributed by atoms with van der Waals surface area (Å²) >= 11 is 3.41. The van der Waals surface area contributed by atoms with Gasteiger partial charge in [0, 0.05) is 21.8 Å². The molecule has 3 amide bonds. The van der Waals surface area contributed by atoms with Crippen LogP contribution in [0, 0.1) is 0 Å². The van der Waals surface area contributed by atoms with Crippen LogP contribution in [-0.4, -0.2) is 24.3 Å². The predicted molar refractivity (Wildman–Crippen MR) is 99.8 cm³/mol. The van der Waals surface area contributed by atoms with E-state index in [4.69, 9.17) is 5.73 Å². The molecule has 0 aliphatic carbocycles. The Balaban J connectivity index is 1.94. The zero-order valence-electron chi connectivity index (χ0n) is 13.2. The average molecular weight is 402 g/mol. The van der Waals surface area contributed by atoms with Gasteiger partial charge >= 0.3 is 0 Å². The van der Waals surface area contributed by atoms with Crippen molar-refractivity contribution in [1.82, 2.24) is 5.32 Å². The van der Waals surface area contributed by atoms with Crippen LogP contribution in [0.5, 0.6) is 0 Å². The number of carbonyl (C=O) groups excluding carboxylic acids is 3. The van der Waals surface area contributed by atoms with Gasteiger partial charge < -0.3 is 16.4 Å². The van der Waals surface area contributed by atoms with Crippen molar-refractivity contribution in [2.24, 2.45) is 5.73 Å². The molecule has 0 heterocycles. The molecular weight excluding hydrogens is 386 g/mol. The van der Waals surface area contributed by atoms with Gasteiger partial charge in [0.1, 0.15) is 0 Å². The highest BCUT2D eigenvalue weighted by Gasteiger charge is 2.06. The Kier molecular flexibility index (Phi) is 6.47. The predicted octanol–water partition coefficient (Wildman–Crippen LogP) is 2.32. The summed E-state index contributed by atoms with van der Waals surface area (Å²) in [4.78, 5) is 34.3. The van der Waals surface area contributed by atoms with Crippen LogP contribution in [0.3, 0.4) is 0 Å². The molecule has 0 saturated heterocycles. The molecule has 0 spiro atoms. The highest BCUT2D eigenvalue weighted by atomic mass is 79.9. The topological polar surface area (TPSA) is 101 Å². The van der Waals surface area contributed by atoms with Crippen molar-refractivity contribution in [1.29, 1.82) is 0 Å². The minimum absolute atomic E-state index is 0.225. The number of primary amides is 1. The number of benzene rings is 2. The smallest absolute Gasteiger partial charge is 0.251 e. The van der Waals surface area contributed by atoms with Crippen LogP contribution in [0.1, 0.15) is 15.9 Å². The van der Waals surface area contributed by atoms with Crippen LogP contribution in [0.2, 0.25) is 0 Å². The number of nitrogens with one attached hydrogen (secondary N) is 2. The van der Waals surface area contributed by atoms with Crippen molar-refractivity contribution in [2.45, 2.75) is 0 Å². The van der Waals surface area contributed by atoms with Crippen molar-refractivity contribution in [3.63, 3.8) is 0 Å². The third-order valence-electron chi connectivity index (χ3n) is 3.16. The highest BCUT2D eigenvalue weighted by Crippen LogP contribution is 2.17. The second kappa shape index (κ2) is 8.79. The lowest BCUT2D eigenvalue weighted by Crippen LogP contribution is -2.33. The number of halogens is 1. The van der Waals surface area contributed by atoms with Crippen molar-refractivity contribution >= 4 is 45.4 Å². The van der Waals surface area contributed by atoms with Gasteiger partial charge in [-0.2, -0.15) is 0 Å². The summed E-state index contributed by atoms with van der Waals surface area (Å²) in [5.41, 5.74) is 6.77. The van der Waals surface area contributed by atoms with E-state index in [0.29, 0.717) is 11.3 Å². The normalized spacial score (nSPS) is 10.4. The fourth-order valence-electron chi connectivity index (χ4n) is 1.93. The first-order chi connectivity index (χ1) is 12.0. The zero-order valence-corrected chi connectivity index (χ0v) is 14.7. The van der Waals surface area contributed by atoms with E-state index in [-0.39, 0.29) is 12.5 Å². The van der Waals surface area contributed by atoms with Gasteiger partial charge in [-0.15, -0.1) is 0 Å². The minimum atomic E-state index is -0.617. The van der Waals surface area contributed by atoms with Crippen LogP contribution in [0.15, 0.2) is 59.1 Å². The standard InChI is InChI=1S/C18H16BrN3O3/c19-15-4-2-1-3-12(15)7-10-17(24)22-14-8-5-13(6-9-14)18(25)21-11-16(20)23/h1-10H,11H2,(H2,20,23)(H,21,25)(H,22,24)/b10-7+. The molecule has 4 N–H and O–H groups in total. The molecule has 128 valence electrons. The van der Waals surface area contributed by atoms with Crippen molar-refractivity contribution in [2.75, 3.05) is 11.9 Å². The molecule has 6 nitrogen and oxygen atoms in total. The Bertz CT molecular complexity index is 817. The highest BCUT2D eigenvalue weighted by molar-refractivity contribution is 9.10. The molecule has 0 saturated carbocycles. The number of carbonyl (C=O) groups is 3. The van der Waals surface area contributed by atoms with Gasteiger partial charge in [-0.05, 0) is 42.0 Å². The molecule has 0 fully saturated rings. The van der Waals surface area contributed by atoms with E-state index in [0.717, 1.165) is 10.0 Å². The van der Waals surface area contributed by atoms with Crippen LogP contribution < -0.4 is 16.4 Å². The van der Waals surface area contributed by atoms with Gasteiger partial charge in [0.2, 0.25) is 11.8 Å². The molecule has 0 radical (unpaired) electrons. The Morgan fingerprint density at radius 1 is 1.04 bits per heavy atom. The summed E-state index contributed by atoms with van der Waals surface area (Å²) in [6, 6.07) is 13.8. The molecule has 2 rings (SSSR count). The van der Waals surface area contributed by atoms with Gasteiger partial charge in [0.25, 0.3) is 5.91 Å². The Morgan fingerprint density at radius 2 is 1.72 bits per heavy atom. The first kappa shape index (κ1) is 18.4. The van der Waals surface area contributed by atoms with E-state index in [1.807, 2.05) is 24.3 Å². The van der Waals surface area contributed by atoms with Gasteiger partial charge in [-0.3, -0.25) is 14.4 Å². The first-order valence-corrected chi connectivity index (χ1v) is 8.15. The monoisotopic (exact) mass is 401 g/mol. The van der Waals surface area contributed by atoms with E-state index in [1.165, 1.54) is 6.08 Å². The van der Waals surface area contributed by atoms with E-state index < -0.39 is 11.8 Å². The van der Waals surface area contributed by atoms with Gasteiger partial charge in [0.05, 0.1) is 6.54 Å². The van der Waals surface area contributed by atoms with E-state index in [2.05, 4.69) is 26.6 Å². The third-order valence-corrected chi connectivity index (χ3v) is 3.88. The maximum absolute atomic E-state index is 11.9. The molecule has 25 heavy (non-hydrogen) atoms. The molecule has 2 aromatic rings. The molecule has 0 unspecified atom stereocenters. The van der Waals surface area contributed by atoms with E-state index >= 15 is 0 Å². The second-order valence-electron chi connectivity index (χ2n) is 5.07. The lowest BCUT2D eigenvalue weighted by molar-refractivity contribution is -0.117. The number of anilines is 1. The minimum Gasteiger partial charge on any atom is -0.368 e. The fourth-order valence-corrected chi connectivity index (χ4v) is 2.35. The summed E-state index contributed by atoms with van der Waals surface area (Å²) in [7, 11) is 0. The summed E-state index contributed by atoms with van der Waals surface area (Å²) in [6.07, 6.45) is 3.12. The number of hydrogen-bond donors (Lipinski definition) is 3. The Labute approximate surface area is 153 Å². The summed E-state index contributed by atoms with van der Waals surface area (Å²) in [6.45, 7) is -0.225. The molecule has 0 aliphatic heterocycles. The molecule has 0 aromatic heterocycles. The van der Waals surface area contributed by atoms with Crippen molar-refractivity contribution < 1.29 is 14.4 Å². The molecule has 7 heteroatoms. The Morgan fingerprint density at radius 3 is 2.36 bits per heavy atom.